The van der Waals surface area contributed by atoms with Crippen molar-refractivity contribution in [2.75, 3.05) is 6.54 Å². The van der Waals surface area contributed by atoms with E-state index in [1.165, 1.54) is 12.1 Å². The minimum absolute atomic E-state index is 0.0245. The molecule has 0 aliphatic carbocycles. The van der Waals surface area contributed by atoms with Gasteiger partial charge in [0.15, 0.2) is 0 Å². The molecule has 2 rings (SSSR count). The molecule has 23 heavy (non-hydrogen) atoms. The molecular weight excluding hydrogens is 304 g/mol. The molecule has 0 aliphatic rings. The lowest BCUT2D eigenvalue weighted by Crippen LogP contribution is -2.25. The van der Waals surface area contributed by atoms with Gasteiger partial charge in [-0.2, -0.15) is 8.78 Å². The molecule has 5 nitrogen and oxygen atoms in total. The number of aryl methyl sites for hydroxylation is 2. The molecule has 0 unspecified atom stereocenters. The van der Waals surface area contributed by atoms with Gasteiger partial charge in [0.2, 0.25) is 5.91 Å². The quantitative estimate of drug-likeness (QED) is 0.722. The Bertz CT molecular complexity index is 586. The number of amides is 1. The molecule has 1 heterocycles. The van der Waals surface area contributed by atoms with Gasteiger partial charge < -0.3 is 14.6 Å². The van der Waals surface area contributed by atoms with Crippen LogP contribution in [0.2, 0.25) is 0 Å². The number of hydrogen-bond donors (Lipinski definition) is 1. The fourth-order valence-electron chi connectivity index (χ4n) is 2.09. The minimum Gasteiger partial charge on any atom is -0.435 e. The zero-order valence-electron chi connectivity index (χ0n) is 12.6. The van der Waals surface area contributed by atoms with Crippen LogP contribution in [0, 0.1) is 0 Å². The van der Waals surface area contributed by atoms with E-state index in [-0.39, 0.29) is 11.7 Å². The molecule has 1 amide bonds. The zero-order chi connectivity index (χ0) is 16.5. The summed E-state index contributed by atoms with van der Waals surface area (Å²) in [5.41, 5.74) is 0.903. The van der Waals surface area contributed by atoms with E-state index in [1.807, 2.05) is 10.8 Å². The Labute approximate surface area is 133 Å². The number of carbonyl (C=O) groups is 1. The van der Waals surface area contributed by atoms with Gasteiger partial charge in [0.05, 0.1) is 6.33 Å². The van der Waals surface area contributed by atoms with E-state index in [1.54, 1.807) is 24.7 Å². The Morgan fingerprint density at radius 1 is 1.30 bits per heavy atom. The third kappa shape index (κ3) is 6.46. The highest BCUT2D eigenvalue weighted by Gasteiger charge is 2.05. The van der Waals surface area contributed by atoms with Gasteiger partial charge in [-0.05, 0) is 30.5 Å². The van der Waals surface area contributed by atoms with Gasteiger partial charge in [-0.1, -0.05) is 12.1 Å². The first-order valence-corrected chi connectivity index (χ1v) is 7.39. The highest BCUT2D eigenvalue weighted by atomic mass is 19.3. The van der Waals surface area contributed by atoms with E-state index in [9.17, 15) is 13.6 Å². The monoisotopic (exact) mass is 323 g/mol. The molecule has 7 heteroatoms. The Morgan fingerprint density at radius 2 is 2.09 bits per heavy atom. The van der Waals surface area contributed by atoms with Crippen molar-refractivity contribution in [3.05, 3.63) is 48.5 Å². The van der Waals surface area contributed by atoms with E-state index in [0.717, 1.165) is 18.5 Å². The number of nitrogens with zero attached hydrogens (tertiary/aromatic N) is 2. The topological polar surface area (TPSA) is 56.1 Å². The highest BCUT2D eigenvalue weighted by Crippen LogP contribution is 2.15. The van der Waals surface area contributed by atoms with Gasteiger partial charge in [-0.3, -0.25) is 4.79 Å². The number of carbonyl (C=O) groups excluding carboxylic acids is 1. The van der Waals surface area contributed by atoms with Gasteiger partial charge in [0.1, 0.15) is 5.75 Å². The summed E-state index contributed by atoms with van der Waals surface area (Å²) in [6.07, 6.45) is 7.09. The molecule has 1 aromatic heterocycles. The van der Waals surface area contributed by atoms with Crippen LogP contribution in [0.25, 0.3) is 0 Å². The summed E-state index contributed by atoms with van der Waals surface area (Å²) < 4.78 is 30.3. The summed E-state index contributed by atoms with van der Waals surface area (Å²) in [6.45, 7) is -1.40. The Hall–Kier alpha value is -2.44. The van der Waals surface area contributed by atoms with Gasteiger partial charge in [-0.25, -0.2) is 4.98 Å². The normalized spacial score (nSPS) is 10.7. The smallest absolute Gasteiger partial charge is 0.387 e. The number of aromatic nitrogens is 2. The largest absolute Gasteiger partial charge is 0.435 e. The number of hydrogen-bond acceptors (Lipinski definition) is 3. The lowest BCUT2D eigenvalue weighted by Gasteiger charge is -2.07. The fraction of sp³-hybridized carbons (Fsp3) is 0.375. The molecule has 0 saturated carbocycles. The lowest BCUT2D eigenvalue weighted by atomic mass is 10.1. The van der Waals surface area contributed by atoms with Crippen molar-refractivity contribution >= 4 is 5.91 Å². The molecule has 2 aromatic rings. The molecule has 1 N–H and O–H groups in total. The predicted molar refractivity (Wildman–Crippen MR) is 81.2 cm³/mol. The molecule has 0 radical (unpaired) electrons. The van der Waals surface area contributed by atoms with Gasteiger partial charge in [0.25, 0.3) is 0 Å². The van der Waals surface area contributed by atoms with Crippen molar-refractivity contribution < 1.29 is 18.3 Å². The van der Waals surface area contributed by atoms with Crippen molar-refractivity contribution in [1.29, 1.82) is 0 Å². The molecule has 124 valence electrons. The second kappa shape index (κ2) is 8.87. The van der Waals surface area contributed by atoms with E-state index >= 15 is 0 Å². The van der Waals surface area contributed by atoms with E-state index in [0.29, 0.717) is 19.4 Å². The summed E-state index contributed by atoms with van der Waals surface area (Å²) in [5.74, 6) is 0.0937. The average Bonchev–Trinajstić information content (AvgIpc) is 3.04. The summed E-state index contributed by atoms with van der Waals surface area (Å²) in [4.78, 5) is 15.7. The maximum atomic E-state index is 12.0. The predicted octanol–water partition coefficient (Wildman–Crippen LogP) is 2.62. The van der Waals surface area contributed by atoms with Crippen molar-refractivity contribution in [2.45, 2.75) is 32.4 Å². The molecule has 1 aromatic carbocycles. The van der Waals surface area contributed by atoms with Crippen molar-refractivity contribution in [3.8, 4) is 5.75 Å². The Kier molecular flexibility index (Phi) is 6.53. The average molecular weight is 323 g/mol. The highest BCUT2D eigenvalue weighted by molar-refractivity contribution is 5.76. The molecule has 0 saturated heterocycles. The lowest BCUT2D eigenvalue weighted by molar-refractivity contribution is -0.121. The van der Waals surface area contributed by atoms with Crippen LogP contribution in [0.5, 0.6) is 5.75 Å². The van der Waals surface area contributed by atoms with Crippen LogP contribution in [0.1, 0.15) is 18.4 Å². The van der Waals surface area contributed by atoms with Crippen LogP contribution in [0.3, 0.4) is 0 Å². The third-order valence-corrected chi connectivity index (χ3v) is 3.26. The number of benzene rings is 1. The molecular formula is C16H19F2N3O2. The molecule has 0 atom stereocenters. The Balaban J connectivity index is 1.62. The second-order valence-electron chi connectivity index (χ2n) is 5.03. The van der Waals surface area contributed by atoms with Crippen LogP contribution < -0.4 is 10.1 Å². The van der Waals surface area contributed by atoms with Crippen LogP contribution in [0.15, 0.2) is 43.0 Å². The number of nitrogens with one attached hydrogen (secondary N) is 1. The first-order chi connectivity index (χ1) is 11.1. The van der Waals surface area contributed by atoms with E-state index in [4.69, 9.17) is 0 Å². The molecule has 0 spiro atoms. The number of ether oxygens (including phenoxy) is 1. The summed E-state index contributed by atoms with van der Waals surface area (Å²) in [7, 11) is 0. The first-order valence-electron chi connectivity index (χ1n) is 7.39. The Morgan fingerprint density at radius 3 is 2.74 bits per heavy atom. The zero-order valence-corrected chi connectivity index (χ0v) is 12.6. The number of imidazole rings is 1. The SMILES string of the molecule is O=C(CCc1ccc(OC(F)F)cc1)NCCCn1ccnc1. The standard InChI is InChI=1S/C16H19F2N3O2/c17-16(18)23-14-5-2-13(3-6-14)4-7-15(22)20-8-1-10-21-11-9-19-12-21/h2-3,5-6,9,11-12,16H,1,4,7-8,10H2,(H,20,22). The third-order valence-electron chi connectivity index (χ3n) is 3.26. The van der Waals surface area contributed by atoms with E-state index < -0.39 is 6.61 Å². The second-order valence-corrected chi connectivity index (χ2v) is 5.03. The van der Waals surface area contributed by atoms with Gasteiger partial charge in [-0.15, -0.1) is 0 Å². The van der Waals surface area contributed by atoms with E-state index in [2.05, 4.69) is 15.0 Å². The van der Waals surface area contributed by atoms with Crippen LogP contribution in [-0.4, -0.2) is 28.6 Å². The summed E-state index contributed by atoms with van der Waals surface area (Å²) in [5, 5.41) is 2.86. The van der Waals surface area contributed by atoms with Crippen molar-refractivity contribution in [3.63, 3.8) is 0 Å². The molecule has 0 fully saturated rings. The number of alkyl halides is 2. The van der Waals surface area contributed by atoms with Crippen molar-refractivity contribution in [1.82, 2.24) is 14.9 Å². The van der Waals surface area contributed by atoms with Crippen molar-refractivity contribution in [2.24, 2.45) is 0 Å². The maximum Gasteiger partial charge on any atom is 0.387 e. The summed E-state index contributed by atoms with van der Waals surface area (Å²) >= 11 is 0. The van der Waals surface area contributed by atoms with Crippen LogP contribution >= 0.6 is 0 Å². The fourth-order valence-corrected chi connectivity index (χ4v) is 2.09. The molecule has 0 bridgehead atoms. The van der Waals surface area contributed by atoms with Crippen LogP contribution in [-0.2, 0) is 17.8 Å². The maximum absolute atomic E-state index is 12.0. The van der Waals surface area contributed by atoms with Gasteiger partial charge >= 0.3 is 6.61 Å². The number of rotatable bonds is 9. The van der Waals surface area contributed by atoms with Gasteiger partial charge in [0, 0.05) is 31.9 Å². The summed E-state index contributed by atoms with van der Waals surface area (Å²) in [6, 6.07) is 6.32. The number of halogens is 2. The first kappa shape index (κ1) is 16.9. The minimum atomic E-state index is -2.83. The molecule has 0 aliphatic heterocycles. The van der Waals surface area contributed by atoms with Crippen LogP contribution in [0.4, 0.5) is 8.78 Å².